The Hall–Kier alpha value is -3.17. The van der Waals surface area contributed by atoms with E-state index in [4.69, 9.17) is 18.0 Å². The predicted octanol–water partition coefficient (Wildman–Crippen LogP) is 2.40. The number of nitrogens with two attached hydrogens (primary N) is 1. The number of pyridine rings is 2. The van der Waals surface area contributed by atoms with Crippen LogP contribution in [-0.4, -0.2) is 35.8 Å². The normalized spacial score (nSPS) is 11.4. The van der Waals surface area contributed by atoms with Crippen molar-refractivity contribution in [2.24, 2.45) is 10.8 Å². The molecule has 8 nitrogen and oxygen atoms in total. The Morgan fingerprint density at radius 2 is 2.04 bits per heavy atom. The van der Waals surface area contributed by atoms with Crippen LogP contribution < -0.4 is 11.2 Å². The van der Waals surface area contributed by atoms with Crippen LogP contribution in [0.25, 0.3) is 22.1 Å². The molecule has 4 rings (SSSR count). The first kappa shape index (κ1) is 19.6. The van der Waals surface area contributed by atoms with Gasteiger partial charge in [0, 0.05) is 11.6 Å². The zero-order valence-corrected chi connectivity index (χ0v) is 16.5. The molecule has 4 aromatic rings. The van der Waals surface area contributed by atoms with Crippen LogP contribution in [0.1, 0.15) is 18.2 Å². The third-order valence-corrected chi connectivity index (χ3v) is 4.15. The minimum Gasteiger partial charge on any atom is -0.375 e. The first-order chi connectivity index (χ1) is 13.1. The van der Waals surface area contributed by atoms with Gasteiger partial charge in [0.15, 0.2) is 10.8 Å². The van der Waals surface area contributed by atoms with Crippen molar-refractivity contribution in [3.63, 3.8) is 0 Å². The summed E-state index contributed by atoms with van der Waals surface area (Å²) >= 11 is 4.76. The number of fused-ring (bicyclic) bond motifs is 2. The third kappa shape index (κ3) is 4.05. The van der Waals surface area contributed by atoms with Crippen LogP contribution in [0.5, 0.6) is 0 Å². The molecule has 0 bridgehead atoms. The van der Waals surface area contributed by atoms with E-state index in [0.717, 1.165) is 22.0 Å². The summed E-state index contributed by atoms with van der Waals surface area (Å²) in [6, 6.07) is 13.8. The summed E-state index contributed by atoms with van der Waals surface area (Å²) in [4.78, 5) is 8.99. The molecular formula is C18H17ClN8S. The zero-order valence-electron chi connectivity index (χ0n) is 14.9. The second-order valence-electron chi connectivity index (χ2n) is 5.99. The quantitative estimate of drug-likeness (QED) is 0.301. The fourth-order valence-electron chi connectivity index (χ4n) is 2.75. The van der Waals surface area contributed by atoms with Crippen LogP contribution in [-0.2, 0) is 6.54 Å². The minimum absolute atomic E-state index is 0. The minimum atomic E-state index is 0. The lowest BCUT2D eigenvalue weighted by atomic mass is 10.1. The van der Waals surface area contributed by atoms with Crippen LogP contribution in [0.3, 0.4) is 0 Å². The number of hydrogen-bond acceptors (Lipinski definition) is 6. The number of rotatable bonds is 4. The van der Waals surface area contributed by atoms with E-state index < -0.39 is 0 Å². The average Bonchev–Trinajstić information content (AvgIpc) is 3.08. The van der Waals surface area contributed by atoms with Crippen LogP contribution in [0.2, 0.25) is 0 Å². The topological polar surface area (TPSA) is 107 Å². The Morgan fingerprint density at radius 1 is 1.21 bits per heavy atom. The van der Waals surface area contributed by atoms with Crippen LogP contribution >= 0.6 is 24.6 Å². The summed E-state index contributed by atoms with van der Waals surface area (Å²) in [6.07, 6.45) is 1.79. The summed E-state index contributed by atoms with van der Waals surface area (Å²) < 4.78 is 1.77. The monoisotopic (exact) mass is 412 g/mol. The van der Waals surface area contributed by atoms with Crippen molar-refractivity contribution in [2.45, 2.75) is 13.5 Å². The van der Waals surface area contributed by atoms with Gasteiger partial charge in [-0.15, -0.1) is 17.5 Å². The Labute approximate surface area is 172 Å². The molecule has 3 N–H and O–H groups in total. The number of hydrogen-bond donors (Lipinski definition) is 2. The molecule has 1 aromatic carbocycles. The van der Waals surface area contributed by atoms with Crippen LogP contribution in [0.15, 0.2) is 53.8 Å². The smallest absolute Gasteiger partial charge is 0.184 e. The van der Waals surface area contributed by atoms with E-state index in [-0.39, 0.29) is 17.5 Å². The van der Waals surface area contributed by atoms with Gasteiger partial charge < -0.3 is 5.73 Å². The molecule has 10 heteroatoms. The van der Waals surface area contributed by atoms with Gasteiger partial charge in [0.25, 0.3) is 0 Å². The summed E-state index contributed by atoms with van der Waals surface area (Å²) in [7, 11) is 0. The second-order valence-corrected chi connectivity index (χ2v) is 6.43. The van der Waals surface area contributed by atoms with Gasteiger partial charge in [-0.3, -0.25) is 10.4 Å². The van der Waals surface area contributed by atoms with E-state index in [1.54, 1.807) is 10.9 Å². The van der Waals surface area contributed by atoms with E-state index >= 15 is 0 Å². The molecule has 0 atom stereocenters. The molecule has 0 fully saturated rings. The van der Waals surface area contributed by atoms with E-state index in [0.29, 0.717) is 23.6 Å². The number of benzene rings is 1. The summed E-state index contributed by atoms with van der Waals surface area (Å²) in [5, 5.41) is 13.7. The van der Waals surface area contributed by atoms with E-state index in [2.05, 4.69) is 36.9 Å². The third-order valence-electron chi connectivity index (χ3n) is 4.06. The van der Waals surface area contributed by atoms with Gasteiger partial charge in [0.05, 0.1) is 23.5 Å². The highest BCUT2D eigenvalue weighted by molar-refractivity contribution is 7.80. The molecule has 3 heterocycles. The Balaban J connectivity index is 0.00000225. The number of aromatic nitrogens is 5. The highest BCUT2D eigenvalue weighted by Crippen LogP contribution is 2.16. The fourth-order valence-corrected chi connectivity index (χ4v) is 2.80. The predicted molar refractivity (Wildman–Crippen MR) is 116 cm³/mol. The molecule has 0 radical (unpaired) electrons. The molecule has 0 spiro atoms. The van der Waals surface area contributed by atoms with Crippen LogP contribution in [0.4, 0.5) is 0 Å². The molecule has 0 aliphatic carbocycles. The van der Waals surface area contributed by atoms with Gasteiger partial charge in [-0.1, -0.05) is 17.3 Å². The Bertz CT molecular complexity index is 1190. The van der Waals surface area contributed by atoms with Gasteiger partial charge in [0.1, 0.15) is 5.52 Å². The maximum absolute atomic E-state index is 5.41. The lowest BCUT2D eigenvalue weighted by Gasteiger charge is -2.05. The molecule has 142 valence electrons. The van der Waals surface area contributed by atoms with Gasteiger partial charge in [-0.05, 0) is 55.0 Å². The molecule has 0 aliphatic heterocycles. The van der Waals surface area contributed by atoms with Gasteiger partial charge in [0.2, 0.25) is 0 Å². The first-order valence-corrected chi connectivity index (χ1v) is 8.65. The lowest BCUT2D eigenvalue weighted by molar-refractivity contribution is 0.664. The first-order valence-electron chi connectivity index (χ1n) is 8.24. The Morgan fingerprint density at radius 3 is 2.86 bits per heavy atom. The molecule has 0 aliphatic rings. The maximum Gasteiger partial charge on any atom is 0.184 e. The molecule has 28 heavy (non-hydrogen) atoms. The molecule has 0 saturated carbocycles. The largest absolute Gasteiger partial charge is 0.375 e. The number of halogens is 1. The maximum atomic E-state index is 5.41. The molecular weight excluding hydrogens is 396 g/mol. The van der Waals surface area contributed by atoms with Crippen LogP contribution in [0, 0.1) is 0 Å². The van der Waals surface area contributed by atoms with Crippen molar-refractivity contribution in [1.29, 1.82) is 0 Å². The van der Waals surface area contributed by atoms with E-state index in [1.165, 1.54) is 0 Å². The summed E-state index contributed by atoms with van der Waals surface area (Å²) in [5.41, 5.74) is 12.8. The highest BCUT2D eigenvalue weighted by Gasteiger charge is 2.10. The lowest BCUT2D eigenvalue weighted by Crippen LogP contribution is -2.25. The van der Waals surface area contributed by atoms with Gasteiger partial charge >= 0.3 is 0 Å². The van der Waals surface area contributed by atoms with Crippen molar-refractivity contribution < 1.29 is 0 Å². The van der Waals surface area contributed by atoms with Crippen molar-refractivity contribution in [1.82, 2.24) is 30.4 Å². The van der Waals surface area contributed by atoms with E-state index in [9.17, 15) is 0 Å². The highest BCUT2D eigenvalue weighted by atomic mass is 35.5. The van der Waals surface area contributed by atoms with Gasteiger partial charge in [-0.25, -0.2) is 9.67 Å². The number of nitrogens with zero attached hydrogens (tertiary/aromatic N) is 6. The Kier molecular flexibility index (Phi) is 5.76. The SMILES string of the molecule is C/C(=N/NC(N)=S)c1ccc2nnn(Cc3ccc4ncccc4c3)c2n1.Cl. The summed E-state index contributed by atoms with van der Waals surface area (Å²) in [5.74, 6) is 0. The molecule has 0 unspecified atom stereocenters. The van der Waals surface area contributed by atoms with Crippen molar-refractivity contribution in [2.75, 3.05) is 0 Å². The molecule has 0 saturated heterocycles. The standard InChI is InChI=1S/C18H16N8S.ClH/c1-11(22-24-18(19)27)14-6-7-16-17(21-14)26(25-23-16)10-12-4-5-15-13(9-12)3-2-8-20-15;/h2-9H,10H2,1H3,(H3,19,24,27);1H/b22-11-;. The number of thiocarbonyl (C=S) groups is 1. The molecule has 0 amide bonds. The fraction of sp³-hybridized carbons (Fsp3) is 0.111. The van der Waals surface area contributed by atoms with Crippen molar-refractivity contribution in [3.8, 4) is 0 Å². The summed E-state index contributed by atoms with van der Waals surface area (Å²) in [6.45, 7) is 2.38. The number of hydrazone groups is 1. The molecule has 3 aromatic heterocycles. The number of nitrogens with one attached hydrogen (secondary N) is 1. The van der Waals surface area contributed by atoms with E-state index in [1.807, 2.05) is 43.3 Å². The zero-order chi connectivity index (χ0) is 18.8. The average molecular weight is 413 g/mol. The second kappa shape index (κ2) is 8.24. The van der Waals surface area contributed by atoms with Gasteiger partial charge in [-0.2, -0.15) is 5.10 Å². The van der Waals surface area contributed by atoms with Crippen molar-refractivity contribution in [3.05, 3.63) is 59.9 Å². The van der Waals surface area contributed by atoms with Crippen molar-refractivity contribution >= 4 is 57.5 Å².